The van der Waals surface area contributed by atoms with Crippen LogP contribution in [-0.2, 0) is 22.9 Å². The highest BCUT2D eigenvalue weighted by Gasteiger charge is 2.48. The summed E-state index contributed by atoms with van der Waals surface area (Å²) in [5.41, 5.74) is 0.582. The van der Waals surface area contributed by atoms with E-state index < -0.39 is 11.9 Å². The molecule has 4 rings (SSSR count). The number of rotatable bonds is 6. The molecule has 0 amide bonds. The first kappa shape index (κ1) is 22.5. The number of nitrogens with zero attached hydrogens (tertiary/aromatic N) is 2. The van der Waals surface area contributed by atoms with Crippen molar-refractivity contribution in [3.05, 3.63) is 58.6 Å². The average molecular weight is 454 g/mol. The van der Waals surface area contributed by atoms with E-state index in [1.165, 1.54) is 25.1 Å². The second kappa shape index (κ2) is 9.04. The number of hydrogen-bond acceptors (Lipinski definition) is 4. The van der Waals surface area contributed by atoms with Crippen LogP contribution in [0.1, 0.15) is 61.9 Å². The largest absolute Gasteiger partial charge is 0.434 e. The summed E-state index contributed by atoms with van der Waals surface area (Å²) in [6, 6.07) is 7.40. The highest BCUT2D eigenvalue weighted by Crippen LogP contribution is 2.49. The van der Waals surface area contributed by atoms with E-state index >= 15 is 0 Å². The van der Waals surface area contributed by atoms with Crippen molar-refractivity contribution in [2.75, 3.05) is 13.2 Å². The van der Waals surface area contributed by atoms with Gasteiger partial charge in [-0.1, -0.05) is 30.5 Å². The van der Waals surface area contributed by atoms with Crippen LogP contribution < -0.4 is 5.32 Å². The Morgan fingerprint density at radius 3 is 2.61 bits per heavy atom. The second-order valence-corrected chi connectivity index (χ2v) is 9.17. The average Bonchev–Trinajstić information content (AvgIpc) is 3.18. The first-order valence-corrected chi connectivity index (χ1v) is 11.2. The molecule has 1 saturated carbocycles. The topological polar surface area (TPSA) is 47.0 Å². The van der Waals surface area contributed by atoms with Crippen molar-refractivity contribution >= 4 is 11.6 Å². The summed E-state index contributed by atoms with van der Waals surface area (Å²) < 4.78 is 44.8. The zero-order chi connectivity index (χ0) is 22.0. The van der Waals surface area contributed by atoms with Gasteiger partial charge in [0.05, 0.1) is 10.6 Å². The van der Waals surface area contributed by atoms with Crippen LogP contribution in [0.2, 0.25) is 5.02 Å². The summed E-state index contributed by atoms with van der Waals surface area (Å²) in [7, 11) is 0. The van der Waals surface area contributed by atoms with Crippen LogP contribution in [0, 0.1) is 0 Å². The van der Waals surface area contributed by atoms with Gasteiger partial charge in [-0.15, -0.1) is 0 Å². The molecule has 31 heavy (non-hydrogen) atoms. The highest BCUT2D eigenvalue weighted by molar-refractivity contribution is 6.31. The van der Waals surface area contributed by atoms with Gasteiger partial charge in [0, 0.05) is 36.7 Å². The lowest BCUT2D eigenvalue weighted by molar-refractivity contribution is -0.141. The lowest BCUT2D eigenvalue weighted by Gasteiger charge is -2.46. The van der Waals surface area contributed by atoms with Gasteiger partial charge in [0.15, 0.2) is 5.69 Å². The van der Waals surface area contributed by atoms with Crippen molar-refractivity contribution < 1.29 is 17.9 Å². The van der Waals surface area contributed by atoms with Gasteiger partial charge in [0.2, 0.25) is 0 Å². The molecule has 2 aliphatic rings. The number of alkyl halides is 3. The third-order valence-corrected chi connectivity index (χ3v) is 6.94. The molecule has 0 aromatic carbocycles. The van der Waals surface area contributed by atoms with Gasteiger partial charge < -0.3 is 10.1 Å². The Hall–Kier alpha value is -1.70. The zero-order valence-corrected chi connectivity index (χ0v) is 18.1. The van der Waals surface area contributed by atoms with Crippen LogP contribution in [-0.4, -0.2) is 28.7 Å². The summed E-state index contributed by atoms with van der Waals surface area (Å²) in [5.74, 6) is 0. The molecular formula is C23H27ClF3N3O. The summed E-state index contributed by atoms with van der Waals surface area (Å²) in [4.78, 5) is 8.20. The predicted octanol–water partition coefficient (Wildman–Crippen LogP) is 5.69. The minimum atomic E-state index is -4.54. The quantitative estimate of drug-likeness (QED) is 0.571. The van der Waals surface area contributed by atoms with Crippen LogP contribution in [0.3, 0.4) is 0 Å². The molecule has 2 fully saturated rings. The molecule has 1 N–H and O–H groups in total. The van der Waals surface area contributed by atoms with E-state index in [4.69, 9.17) is 21.3 Å². The molecular weight excluding hydrogens is 427 g/mol. The Balaban J connectivity index is 1.42. The molecule has 1 atom stereocenters. The molecule has 0 unspecified atom stereocenters. The number of aromatic nitrogens is 2. The summed E-state index contributed by atoms with van der Waals surface area (Å²) in [6.07, 6.45) is 5.92. The molecule has 0 radical (unpaired) electrons. The third kappa shape index (κ3) is 5.04. The van der Waals surface area contributed by atoms with Crippen molar-refractivity contribution in [3.63, 3.8) is 0 Å². The zero-order valence-electron chi connectivity index (χ0n) is 17.3. The molecule has 1 aliphatic carbocycles. The van der Waals surface area contributed by atoms with Crippen molar-refractivity contribution in [1.82, 2.24) is 15.3 Å². The maximum absolute atomic E-state index is 12.8. The second-order valence-electron chi connectivity index (χ2n) is 8.76. The monoisotopic (exact) mass is 453 g/mol. The van der Waals surface area contributed by atoms with Crippen LogP contribution in [0.4, 0.5) is 13.2 Å². The van der Waals surface area contributed by atoms with E-state index in [0.29, 0.717) is 18.7 Å². The van der Waals surface area contributed by atoms with Crippen LogP contribution in [0.25, 0.3) is 0 Å². The van der Waals surface area contributed by atoms with Crippen molar-refractivity contribution in [2.45, 2.75) is 68.7 Å². The fraction of sp³-hybridized carbons (Fsp3) is 0.565. The molecule has 0 bridgehead atoms. The highest BCUT2D eigenvalue weighted by atomic mass is 35.5. The molecule has 168 valence electrons. The molecule has 2 aromatic rings. The SMILES string of the molecule is FC(F)(F)c1ncc(CNCC[C@]2(c3ccccn3)CCOC3(CCCC3)C2)cc1Cl. The van der Waals surface area contributed by atoms with Gasteiger partial charge >= 0.3 is 6.18 Å². The Morgan fingerprint density at radius 2 is 1.94 bits per heavy atom. The molecule has 1 spiro atoms. The van der Waals surface area contributed by atoms with Crippen LogP contribution >= 0.6 is 11.6 Å². The third-order valence-electron chi connectivity index (χ3n) is 6.65. The molecule has 1 aliphatic heterocycles. The summed E-state index contributed by atoms with van der Waals surface area (Å²) in [6.45, 7) is 1.85. The van der Waals surface area contributed by atoms with Gasteiger partial charge in [-0.3, -0.25) is 4.98 Å². The predicted molar refractivity (Wildman–Crippen MR) is 113 cm³/mol. The summed E-state index contributed by atoms with van der Waals surface area (Å²) >= 11 is 5.79. The fourth-order valence-corrected chi connectivity index (χ4v) is 5.44. The molecule has 3 heterocycles. The normalized spacial score (nSPS) is 23.4. The minimum absolute atomic E-state index is 0.0410. The number of hydrogen-bond donors (Lipinski definition) is 1. The van der Waals surface area contributed by atoms with E-state index in [9.17, 15) is 13.2 Å². The smallest absolute Gasteiger partial charge is 0.375 e. The first-order valence-electron chi connectivity index (χ1n) is 10.8. The Morgan fingerprint density at radius 1 is 1.13 bits per heavy atom. The lowest BCUT2D eigenvalue weighted by atomic mass is 9.68. The van der Waals surface area contributed by atoms with E-state index in [2.05, 4.69) is 16.4 Å². The molecule has 8 heteroatoms. The van der Waals surface area contributed by atoms with E-state index in [1.807, 2.05) is 18.3 Å². The standard InChI is InChI=1S/C23H27ClF3N3O/c24-18-13-17(15-30-20(18)23(25,26)27)14-28-11-8-21(19-5-1-4-10-29-19)9-12-31-22(16-21)6-2-3-7-22/h1,4-5,10,13,15,28H,2-3,6-9,11-12,14,16H2/t21-/m0/s1. The van der Waals surface area contributed by atoms with Gasteiger partial charge in [-0.25, -0.2) is 4.98 Å². The maximum Gasteiger partial charge on any atom is 0.434 e. The van der Waals surface area contributed by atoms with Gasteiger partial charge in [-0.2, -0.15) is 13.2 Å². The lowest BCUT2D eigenvalue weighted by Crippen LogP contribution is -2.47. The first-order chi connectivity index (χ1) is 14.8. The number of halogens is 4. The molecule has 4 nitrogen and oxygen atoms in total. The molecule has 2 aromatic heterocycles. The van der Waals surface area contributed by atoms with Gasteiger partial charge in [-0.05, 0) is 62.4 Å². The van der Waals surface area contributed by atoms with Gasteiger partial charge in [0.1, 0.15) is 0 Å². The fourth-order valence-electron chi connectivity index (χ4n) is 5.14. The van der Waals surface area contributed by atoms with E-state index in [1.54, 1.807) is 0 Å². The van der Waals surface area contributed by atoms with E-state index in [0.717, 1.165) is 44.4 Å². The number of pyridine rings is 2. The van der Waals surface area contributed by atoms with Crippen molar-refractivity contribution in [2.24, 2.45) is 0 Å². The van der Waals surface area contributed by atoms with Crippen molar-refractivity contribution in [1.29, 1.82) is 0 Å². The van der Waals surface area contributed by atoms with Crippen LogP contribution in [0.5, 0.6) is 0 Å². The van der Waals surface area contributed by atoms with E-state index in [-0.39, 0.29) is 16.0 Å². The van der Waals surface area contributed by atoms with Crippen LogP contribution in [0.15, 0.2) is 36.7 Å². The number of ether oxygens (including phenoxy) is 1. The minimum Gasteiger partial charge on any atom is -0.375 e. The maximum atomic E-state index is 12.8. The van der Waals surface area contributed by atoms with Gasteiger partial charge in [0.25, 0.3) is 0 Å². The summed E-state index contributed by atoms with van der Waals surface area (Å²) in [5, 5.41) is 2.99. The molecule has 1 saturated heterocycles. The van der Waals surface area contributed by atoms with Crippen molar-refractivity contribution in [3.8, 4) is 0 Å². The number of nitrogens with one attached hydrogen (secondary N) is 1. The Bertz CT molecular complexity index is 887. The Kier molecular flexibility index (Phi) is 6.56. The Labute approximate surface area is 185 Å².